The van der Waals surface area contributed by atoms with Gasteiger partial charge in [0.2, 0.25) is 0 Å². The van der Waals surface area contributed by atoms with Gasteiger partial charge in [0.25, 0.3) is 5.91 Å². The van der Waals surface area contributed by atoms with Crippen molar-refractivity contribution in [2.45, 2.75) is 38.7 Å². The maximum Gasteiger partial charge on any atom is 0.276 e. The van der Waals surface area contributed by atoms with Gasteiger partial charge in [0.1, 0.15) is 5.82 Å². The van der Waals surface area contributed by atoms with E-state index < -0.39 is 5.82 Å². The average Bonchev–Trinajstić information content (AvgIpc) is 3.09. The van der Waals surface area contributed by atoms with Crippen LogP contribution in [0.5, 0.6) is 0 Å². The van der Waals surface area contributed by atoms with Crippen molar-refractivity contribution in [3.8, 4) is 0 Å². The van der Waals surface area contributed by atoms with Gasteiger partial charge in [0.05, 0.1) is 17.4 Å². The van der Waals surface area contributed by atoms with Crippen LogP contribution < -0.4 is 10.8 Å². The summed E-state index contributed by atoms with van der Waals surface area (Å²) in [6.07, 6.45) is 4.22. The summed E-state index contributed by atoms with van der Waals surface area (Å²) in [6.45, 7) is 1.97. The minimum atomic E-state index is -0.404. The number of benzene rings is 2. The number of carbonyl (C=O) groups excluding carboxylic acids is 1. The summed E-state index contributed by atoms with van der Waals surface area (Å²) in [5, 5.41) is 3.16. The molecule has 0 unspecified atom stereocenters. The zero-order valence-electron chi connectivity index (χ0n) is 13.9. The Labute approximate surface area is 160 Å². The number of aryl methyl sites for hydroxylation is 1. The van der Waals surface area contributed by atoms with Gasteiger partial charge < -0.3 is 5.32 Å². The molecule has 2 N–H and O–H groups in total. The lowest BCUT2D eigenvalue weighted by Gasteiger charge is -2.16. The minimum absolute atomic E-state index is 0.0688. The molecule has 0 saturated heterocycles. The largest absolute Gasteiger partial charge is 0.355 e. The van der Waals surface area contributed by atoms with Crippen LogP contribution in [0.2, 0.25) is 0 Å². The fourth-order valence-electron chi connectivity index (χ4n) is 2.93. The second kappa shape index (κ2) is 8.14. The van der Waals surface area contributed by atoms with Crippen molar-refractivity contribution in [3.63, 3.8) is 0 Å². The van der Waals surface area contributed by atoms with Crippen molar-refractivity contribution >= 4 is 39.9 Å². The second-order valence-corrected chi connectivity index (χ2v) is 7.48. The maximum atomic E-state index is 13.7. The van der Waals surface area contributed by atoms with E-state index in [9.17, 15) is 9.18 Å². The quantitative estimate of drug-likeness (QED) is 0.489. The molecule has 1 aliphatic carbocycles. The lowest BCUT2D eigenvalue weighted by Crippen LogP contribution is -2.28. The number of rotatable bonds is 5. The molecule has 3 rings (SSSR count). The van der Waals surface area contributed by atoms with Crippen molar-refractivity contribution < 1.29 is 14.0 Å². The second-order valence-electron chi connectivity index (χ2n) is 6.23. The highest BCUT2D eigenvalue weighted by molar-refractivity contribution is 14.1. The third kappa shape index (κ3) is 4.70. The first kappa shape index (κ1) is 18.1. The molecule has 1 saturated carbocycles. The van der Waals surface area contributed by atoms with E-state index in [1.165, 1.54) is 18.2 Å². The zero-order chi connectivity index (χ0) is 17.8. The summed E-state index contributed by atoms with van der Waals surface area (Å²) in [6, 6.07) is 9.95. The molecule has 1 aliphatic rings. The Hall–Kier alpha value is -1.67. The topological polar surface area (TPSA) is 50.4 Å². The fourth-order valence-corrected chi connectivity index (χ4v) is 3.58. The molecular formula is C19H20FIN2O2. The number of hydrogen-bond donors (Lipinski definition) is 2. The van der Waals surface area contributed by atoms with Crippen molar-refractivity contribution in [1.82, 2.24) is 5.48 Å². The number of nitrogens with one attached hydrogen (secondary N) is 2. The van der Waals surface area contributed by atoms with E-state index in [4.69, 9.17) is 4.84 Å². The predicted molar refractivity (Wildman–Crippen MR) is 104 cm³/mol. The molecule has 0 radical (unpaired) electrons. The van der Waals surface area contributed by atoms with Crippen LogP contribution in [-0.4, -0.2) is 12.0 Å². The Morgan fingerprint density at radius 3 is 2.64 bits per heavy atom. The highest BCUT2D eigenvalue weighted by Gasteiger charge is 2.19. The van der Waals surface area contributed by atoms with Gasteiger partial charge in [-0.15, -0.1) is 0 Å². The molecule has 132 valence electrons. The van der Waals surface area contributed by atoms with E-state index in [1.54, 1.807) is 0 Å². The van der Waals surface area contributed by atoms with Gasteiger partial charge in [0.15, 0.2) is 0 Å². The normalized spacial score (nSPS) is 14.5. The van der Waals surface area contributed by atoms with Crippen LogP contribution in [0.25, 0.3) is 0 Å². The van der Waals surface area contributed by atoms with Gasteiger partial charge in [0, 0.05) is 9.26 Å². The van der Waals surface area contributed by atoms with Crippen LogP contribution in [0, 0.1) is 16.3 Å². The summed E-state index contributed by atoms with van der Waals surface area (Å²) < 4.78 is 14.8. The van der Waals surface area contributed by atoms with Crippen molar-refractivity contribution in [3.05, 3.63) is 56.9 Å². The Morgan fingerprint density at radius 2 is 1.92 bits per heavy atom. The zero-order valence-corrected chi connectivity index (χ0v) is 16.1. The van der Waals surface area contributed by atoms with Gasteiger partial charge in [-0.1, -0.05) is 12.8 Å². The number of halogens is 2. The van der Waals surface area contributed by atoms with E-state index in [0.717, 1.165) is 40.5 Å². The molecule has 4 nitrogen and oxygen atoms in total. The Kier molecular flexibility index (Phi) is 5.90. The molecule has 6 heteroatoms. The van der Waals surface area contributed by atoms with Crippen LogP contribution >= 0.6 is 22.6 Å². The highest BCUT2D eigenvalue weighted by Crippen LogP contribution is 2.26. The SMILES string of the molecule is Cc1cc(I)ccc1Nc1cc(F)ccc1C(=O)NOC1CCCC1. The number of amides is 1. The number of hydrogen-bond acceptors (Lipinski definition) is 3. The molecule has 0 spiro atoms. The molecule has 0 atom stereocenters. The number of hydroxylamine groups is 1. The van der Waals surface area contributed by atoms with E-state index in [1.807, 2.05) is 25.1 Å². The summed E-state index contributed by atoms with van der Waals surface area (Å²) in [5.74, 6) is -0.781. The van der Waals surface area contributed by atoms with E-state index in [2.05, 4.69) is 33.4 Å². The summed E-state index contributed by atoms with van der Waals surface area (Å²) in [7, 11) is 0. The van der Waals surface area contributed by atoms with Crippen LogP contribution in [0.1, 0.15) is 41.6 Å². The van der Waals surface area contributed by atoms with E-state index in [-0.39, 0.29) is 12.0 Å². The van der Waals surface area contributed by atoms with Gasteiger partial charge >= 0.3 is 0 Å². The third-order valence-corrected chi connectivity index (χ3v) is 4.98. The van der Waals surface area contributed by atoms with Crippen LogP contribution in [0.3, 0.4) is 0 Å². The van der Waals surface area contributed by atoms with Gasteiger partial charge in [-0.3, -0.25) is 9.63 Å². The van der Waals surface area contributed by atoms with Crippen molar-refractivity contribution in [2.24, 2.45) is 0 Å². The van der Waals surface area contributed by atoms with E-state index in [0.29, 0.717) is 11.3 Å². The van der Waals surface area contributed by atoms with E-state index >= 15 is 0 Å². The Balaban J connectivity index is 1.78. The van der Waals surface area contributed by atoms with Gasteiger partial charge in [-0.05, 0) is 84.3 Å². The lowest BCUT2D eigenvalue weighted by molar-refractivity contribution is -0.0124. The van der Waals surface area contributed by atoms with Crippen LogP contribution in [0.15, 0.2) is 36.4 Å². The molecule has 1 amide bonds. The summed E-state index contributed by atoms with van der Waals surface area (Å²) >= 11 is 2.24. The molecule has 1 fully saturated rings. The maximum absolute atomic E-state index is 13.7. The molecule has 25 heavy (non-hydrogen) atoms. The molecule has 0 heterocycles. The monoisotopic (exact) mass is 454 g/mol. The van der Waals surface area contributed by atoms with Crippen LogP contribution in [-0.2, 0) is 4.84 Å². The molecule has 2 aromatic carbocycles. The number of anilines is 2. The first-order valence-corrected chi connectivity index (χ1v) is 9.39. The fraction of sp³-hybridized carbons (Fsp3) is 0.316. The Morgan fingerprint density at radius 1 is 1.16 bits per heavy atom. The van der Waals surface area contributed by atoms with Crippen LogP contribution in [0.4, 0.5) is 15.8 Å². The molecule has 0 bridgehead atoms. The van der Waals surface area contributed by atoms with Gasteiger partial charge in [-0.2, -0.15) is 0 Å². The standard InChI is InChI=1S/C19H20FIN2O2/c1-12-10-14(21)7-9-17(12)22-18-11-13(20)6-8-16(18)19(24)23-25-15-4-2-3-5-15/h6-11,15,22H,2-5H2,1H3,(H,23,24). The predicted octanol–water partition coefficient (Wildman–Crippen LogP) is 5.09. The van der Waals surface area contributed by atoms with Crippen molar-refractivity contribution in [2.75, 3.05) is 5.32 Å². The summed E-state index contributed by atoms with van der Waals surface area (Å²) in [5.41, 5.74) is 5.11. The lowest BCUT2D eigenvalue weighted by atomic mass is 10.1. The smallest absolute Gasteiger partial charge is 0.276 e. The Bertz CT molecular complexity index is 776. The van der Waals surface area contributed by atoms with Gasteiger partial charge in [-0.25, -0.2) is 9.87 Å². The number of carbonyl (C=O) groups is 1. The minimum Gasteiger partial charge on any atom is -0.355 e. The molecule has 0 aliphatic heterocycles. The average molecular weight is 454 g/mol. The molecular weight excluding hydrogens is 434 g/mol. The first-order chi connectivity index (χ1) is 12.0. The molecule has 0 aromatic heterocycles. The third-order valence-electron chi connectivity index (χ3n) is 4.30. The highest BCUT2D eigenvalue weighted by atomic mass is 127. The molecule has 2 aromatic rings. The first-order valence-electron chi connectivity index (χ1n) is 8.31. The van der Waals surface area contributed by atoms with Crippen molar-refractivity contribution in [1.29, 1.82) is 0 Å². The summed E-state index contributed by atoms with van der Waals surface area (Å²) in [4.78, 5) is 17.9.